The number of aliphatic hydroxyl groups is 2. The highest BCUT2D eigenvalue weighted by Gasteiger charge is 2.50. The van der Waals surface area contributed by atoms with Crippen molar-refractivity contribution in [2.75, 3.05) is 11.9 Å². The van der Waals surface area contributed by atoms with Gasteiger partial charge in [0.15, 0.2) is 0 Å². The van der Waals surface area contributed by atoms with Gasteiger partial charge >= 0.3 is 0 Å². The molecule has 9 heteroatoms. The quantitative estimate of drug-likeness (QED) is 0.322. The van der Waals surface area contributed by atoms with Crippen LogP contribution in [0.3, 0.4) is 0 Å². The Morgan fingerprint density at radius 1 is 1.16 bits per heavy atom. The summed E-state index contributed by atoms with van der Waals surface area (Å²) in [5.41, 5.74) is 0.224. The number of benzene rings is 1. The first-order chi connectivity index (χ1) is 17.8. The second-order valence-corrected chi connectivity index (χ2v) is 11.8. The van der Waals surface area contributed by atoms with Gasteiger partial charge in [-0.2, -0.15) is 0 Å². The average Bonchev–Trinajstić information content (AvgIpc) is 3.03. The molecule has 4 atom stereocenters. The van der Waals surface area contributed by atoms with Crippen LogP contribution in [-0.4, -0.2) is 50.1 Å². The first-order valence-electron chi connectivity index (χ1n) is 13.2. The maximum atomic E-state index is 13.7. The molecule has 0 radical (unpaired) electrons. The largest absolute Gasteiger partial charge is 0.395 e. The summed E-state index contributed by atoms with van der Waals surface area (Å²) >= 11 is 0. The molecule has 1 aromatic carbocycles. The number of carbonyl (C=O) groups is 3. The smallest absolute Gasteiger partial charge is 0.294 e. The fourth-order valence-electron chi connectivity index (χ4n) is 7.13. The van der Waals surface area contributed by atoms with E-state index in [1.165, 1.54) is 22.8 Å². The van der Waals surface area contributed by atoms with E-state index in [0.29, 0.717) is 54.1 Å². The van der Waals surface area contributed by atoms with Crippen LogP contribution in [0.1, 0.15) is 83.6 Å². The van der Waals surface area contributed by atoms with Crippen molar-refractivity contribution in [3.63, 3.8) is 0 Å². The van der Waals surface area contributed by atoms with E-state index < -0.39 is 28.7 Å². The number of nitrogens with one attached hydrogen (secondary N) is 2. The number of nitrogens with zero attached hydrogens (tertiary/aromatic N) is 1. The minimum Gasteiger partial charge on any atom is -0.395 e. The monoisotopic (exact) mass is 527 g/mol. The molecule has 2 aliphatic carbocycles. The van der Waals surface area contributed by atoms with Crippen molar-refractivity contribution in [3.8, 4) is 0 Å². The summed E-state index contributed by atoms with van der Waals surface area (Å²) in [6.07, 6.45) is 3.42. The molecule has 2 amide bonds. The van der Waals surface area contributed by atoms with Gasteiger partial charge in [0.2, 0.25) is 0 Å². The zero-order valence-electron chi connectivity index (χ0n) is 22.8. The van der Waals surface area contributed by atoms with Crippen LogP contribution in [0.25, 0.3) is 0 Å². The fraction of sp³-hybridized carbons (Fsp3) is 0.552. The standard InChI is InChI=1S/C29H38FN3O5/c1-16-10-20-13-28(5,38)15-29(12-16,14-20)32-27(37)25(35)24-18(3)23(19(4)33(24)8-9-34)26(36)31-21-6-7-22(30)17(2)11-21/h6-7,11,16,20,34,38H,8-10,12-15H2,1-5H3,(H,31,36)(H,32,37). The Morgan fingerprint density at radius 3 is 2.53 bits per heavy atom. The van der Waals surface area contributed by atoms with Gasteiger partial charge in [0.05, 0.1) is 23.5 Å². The predicted molar refractivity (Wildman–Crippen MR) is 142 cm³/mol. The molecular formula is C29H38FN3O5. The second-order valence-electron chi connectivity index (χ2n) is 11.8. The summed E-state index contributed by atoms with van der Waals surface area (Å²) < 4.78 is 15.2. The lowest BCUT2D eigenvalue weighted by molar-refractivity contribution is -0.124. The Bertz CT molecular complexity index is 1280. The van der Waals surface area contributed by atoms with Crippen molar-refractivity contribution >= 4 is 23.3 Å². The Morgan fingerprint density at radius 2 is 1.87 bits per heavy atom. The molecule has 0 saturated heterocycles. The number of ketones is 1. The molecule has 2 aromatic rings. The van der Waals surface area contributed by atoms with Crippen LogP contribution in [0.15, 0.2) is 18.2 Å². The third-order valence-electron chi connectivity index (χ3n) is 8.14. The first-order valence-corrected chi connectivity index (χ1v) is 13.2. The van der Waals surface area contributed by atoms with Gasteiger partial charge in [0.1, 0.15) is 5.82 Å². The number of anilines is 1. The zero-order valence-corrected chi connectivity index (χ0v) is 22.8. The van der Waals surface area contributed by atoms with E-state index in [1.807, 2.05) is 0 Å². The number of hydrogen-bond donors (Lipinski definition) is 4. The summed E-state index contributed by atoms with van der Waals surface area (Å²) in [4.78, 5) is 40.3. The number of amides is 2. The third-order valence-corrected chi connectivity index (χ3v) is 8.14. The molecule has 38 heavy (non-hydrogen) atoms. The van der Waals surface area contributed by atoms with Gasteiger partial charge in [-0.25, -0.2) is 4.39 Å². The number of hydrogen-bond acceptors (Lipinski definition) is 5. The highest BCUT2D eigenvalue weighted by molar-refractivity contribution is 6.43. The topological polar surface area (TPSA) is 121 Å². The van der Waals surface area contributed by atoms with Gasteiger partial charge < -0.3 is 25.4 Å². The molecule has 4 rings (SSSR count). The molecule has 0 spiro atoms. The van der Waals surface area contributed by atoms with Crippen molar-refractivity contribution < 1.29 is 29.0 Å². The maximum absolute atomic E-state index is 13.7. The van der Waals surface area contributed by atoms with Crippen LogP contribution in [-0.2, 0) is 11.3 Å². The SMILES string of the molecule is Cc1cc(NC(=O)c2c(C)c(C(=O)C(=O)NC34CC(C)CC(CC(C)(O)C3)C4)n(CCO)c2C)ccc1F. The van der Waals surface area contributed by atoms with Crippen molar-refractivity contribution in [1.29, 1.82) is 0 Å². The van der Waals surface area contributed by atoms with Gasteiger partial charge in [-0.3, -0.25) is 14.4 Å². The van der Waals surface area contributed by atoms with Gasteiger partial charge in [0.25, 0.3) is 17.6 Å². The lowest BCUT2D eigenvalue weighted by Crippen LogP contribution is -2.61. The van der Waals surface area contributed by atoms with Crippen molar-refractivity contribution in [1.82, 2.24) is 9.88 Å². The predicted octanol–water partition coefficient (Wildman–Crippen LogP) is 3.82. The van der Waals surface area contributed by atoms with Crippen molar-refractivity contribution in [2.24, 2.45) is 11.8 Å². The minimum atomic E-state index is -0.924. The summed E-state index contributed by atoms with van der Waals surface area (Å²) in [6, 6.07) is 4.23. The van der Waals surface area contributed by atoms with Crippen LogP contribution in [0, 0.1) is 38.4 Å². The molecule has 0 aliphatic heterocycles. The van der Waals surface area contributed by atoms with E-state index in [4.69, 9.17) is 0 Å². The Labute approximate surface area is 222 Å². The van der Waals surface area contributed by atoms with E-state index in [0.717, 1.165) is 6.42 Å². The molecule has 1 aromatic heterocycles. The maximum Gasteiger partial charge on any atom is 0.294 e. The van der Waals surface area contributed by atoms with Crippen LogP contribution >= 0.6 is 0 Å². The number of aliphatic hydroxyl groups excluding tert-OH is 1. The van der Waals surface area contributed by atoms with Crippen LogP contribution in [0.4, 0.5) is 10.1 Å². The Balaban J connectivity index is 1.64. The number of Topliss-reactive ketones (excluding diaryl/α,β-unsaturated/α-hetero) is 1. The molecule has 2 aliphatic rings. The summed E-state index contributed by atoms with van der Waals surface area (Å²) in [5, 5.41) is 26.3. The highest BCUT2D eigenvalue weighted by atomic mass is 19.1. The molecule has 2 bridgehead atoms. The van der Waals surface area contributed by atoms with Gasteiger partial charge in [-0.15, -0.1) is 0 Å². The number of fused-ring (bicyclic) bond motifs is 2. The number of halogens is 1. The van der Waals surface area contributed by atoms with E-state index in [2.05, 4.69) is 17.6 Å². The number of carbonyl (C=O) groups excluding carboxylic acids is 3. The number of aromatic nitrogens is 1. The van der Waals surface area contributed by atoms with Crippen LogP contribution in [0.2, 0.25) is 0 Å². The van der Waals surface area contributed by atoms with Gasteiger partial charge in [0, 0.05) is 23.5 Å². The summed E-state index contributed by atoms with van der Waals surface area (Å²) in [6.45, 7) is 8.51. The lowest BCUT2D eigenvalue weighted by Gasteiger charge is -2.52. The Kier molecular flexibility index (Phi) is 7.56. The summed E-state index contributed by atoms with van der Waals surface area (Å²) in [7, 11) is 0. The van der Waals surface area contributed by atoms with Crippen molar-refractivity contribution in [3.05, 3.63) is 52.1 Å². The van der Waals surface area contributed by atoms with Gasteiger partial charge in [-0.05, 0) is 101 Å². The molecule has 4 unspecified atom stereocenters. The number of aryl methyl sites for hydroxylation is 1. The zero-order chi connectivity index (χ0) is 28.0. The average molecular weight is 528 g/mol. The third kappa shape index (κ3) is 5.40. The van der Waals surface area contributed by atoms with E-state index in [9.17, 15) is 29.0 Å². The molecular weight excluding hydrogens is 489 g/mol. The molecule has 8 nitrogen and oxygen atoms in total. The minimum absolute atomic E-state index is 0.0307. The first kappa shape index (κ1) is 28.0. The molecule has 1 heterocycles. The lowest BCUT2D eigenvalue weighted by atomic mass is 9.59. The van der Waals surface area contributed by atoms with E-state index >= 15 is 0 Å². The van der Waals surface area contributed by atoms with Crippen molar-refractivity contribution in [2.45, 2.75) is 84.4 Å². The Hall–Kier alpha value is -3.04. The molecule has 2 saturated carbocycles. The summed E-state index contributed by atoms with van der Waals surface area (Å²) in [5.74, 6) is -1.83. The van der Waals surface area contributed by atoms with E-state index in [1.54, 1.807) is 27.7 Å². The normalized spacial score (nSPS) is 26.6. The molecule has 206 valence electrons. The molecule has 2 fully saturated rings. The molecule has 4 N–H and O–H groups in total. The fourth-order valence-corrected chi connectivity index (χ4v) is 7.13. The highest BCUT2D eigenvalue weighted by Crippen LogP contribution is 2.48. The second kappa shape index (κ2) is 10.3. The van der Waals surface area contributed by atoms with Gasteiger partial charge in [-0.1, -0.05) is 6.92 Å². The van der Waals surface area contributed by atoms with E-state index in [-0.39, 0.29) is 36.1 Å². The van der Waals surface area contributed by atoms with Crippen LogP contribution < -0.4 is 10.6 Å². The number of rotatable bonds is 7. The van der Waals surface area contributed by atoms with Crippen LogP contribution in [0.5, 0.6) is 0 Å².